The van der Waals surface area contributed by atoms with Gasteiger partial charge in [-0.3, -0.25) is 0 Å². The molecule has 0 aromatic heterocycles. The highest BCUT2D eigenvalue weighted by Gasteiger charge is 2.13. The molecule has 17 heavy (non-hydrogen) atoms. The molecular weight excluding hydrogens is 218 g/mol. The Balaban J connectivity index is 2.61. The molecule has 1 aromatic rings. The number of ether oxygens (including phenoxy) is 1. The van der Waals surface area contributed by atoms with Gasteiger partial charge in [0, 0.05) is 5.69 Å². The van der Waals surface area contributed by atoms with Crippen molar-refractivity contribution in [3.8, 4) is 5.75 Å². The van der Waals surface area contributed by atoms with Crippen LogP contribution in [0.15, 0.2) is 18.2 Å². The van der Waals surface area contributed by atoms with Crippen molar-refractivity contribution in [2.24, 2.45) is 5.92 Å². The van der Waals surface area contributed by atoms with Crippen LogP contribution < -0.4 is 5.73 Å². The molecule has 3 N–H and O–H groups in total. The minimum Gasteiger partial charge on any atom is -0.508 e. The maximum atomic E-state index is 11.7. The van der Waals surface area contributed by atoms with Crippen molar-refractivity contribution < 1.29 is 14.6 Å². The van der Waals surface area contributed by atoms with Gasteiger partial charge in [0.15, 0.2) is 0 Å². The van der Waals surface area contributed by atoms with Gasteiger partial charge >= 0.3 is 5.97 Å². The molecule has 0 radical (unpaired) electrons. The largest absolute Gasteiger partial charge is 0.508 e. The van der Waals surface area contributed by atoms with Crippen LogP contribution in [-0.4, -0.2) is 17.7 Å². The maximum absolute atomic E-state index is 11.7. The highest BCUT2D eigenvalue weighted by molar-refractivity contribution is 5.95. The lowest BCUT2D eigenvalue weighted by Gasteiger charge is -2.11. The lowest BCUT2D eigenvalue weighted by Crippen LogP contribution is -2.13. The molecule has 0 aliphatic carbocycles. The van der Waals surface area contributed by atoms with E-state index in [1.165, 1.54) is 18.2 Å². The van der Waals surface area contributed by atoms with E-state index in [-0.39, 0.29) is 11.3 Å². The van der Waals surface area contributed by atoms with Gasteiger partial charge in [-0.1, -0.05) is 20.3 Å². The monoisotopic (exact) mass is 237 g/mol. The topological polar surface area (TPSA) is 72.5 Å². The Morgan fingerprint density at radius 3 is 2.88 bits per heavy atom. The summed E-state index contributed by atoms with van der Waals surface area (Å²) in [7, 11) is 0. The number of nitrogen functional groups attached to an aromatic ring is 1. The molecule has 94 valence electrons. The lowest BCUT2D eigenvalue weighted by molar-refractivity contribution is 0.0444. The summed E-state index contributed by atoms with van der Waals surface area (Å²) in [6, 6.07) is 4.25. The van der Waals surface area contributed by atoms with Gasteiger partial charge in [0.05, 0.1) is 12.2 Å². The Kier molecular flexibility index (Phi) is 4.82. The predicted molar refractivity (Wildman–Crippen MR) is 66.9 cm³/mol. The van der Waals surface area contributed by atoms with Crippen LogP contribution in [-0.2, 0) is 4.74 Å². The van der Waals surface area contributed by atoms with Crippen LogP contribution in [0, 0.1) is 5.92 Å². The number of hydrogen-bond acceptors (Lipinski definition) is 4. The number of aromatic hydroxyl groups is 1. The van der Waals surface area contributed by atoms with Crippen molar-refractivity contribution >= 4 is 11.7 Å². The zero-order valence-corrected chi connectivity index (χ0v) is 10.3. The first-order chi connectivity index (χ1) is 8.04. The molecule has 1 atom stereocenters. The molecule has 0 amide bonds. The van der Waals surface area contributed by atoms with Crippen molar-refractivity contribution in [3.05, 3.63) is 23.8 Å². The molecule has 1 rings (SSSR count). The van der Waals surface area contributed by atoms with Gasteiger partial charge in [-0.2, -0.15) is 0 Å². The number of esters is 1. The van der Waals surface area contributed by atoms with E-state index in [9.17, 15) is 9.90 Å². The minimum atomic E-state index is -0.485. The van der Waals surface area contributed by atoms with Gasteiger partial charge in [0.1, 0.15) is 5.75 Å². The van der Waals surface area contributed by atoms with Crippen molar-refractivity contribution in [3.63, 3.8) is 0 Å². The zero-order chi connectivity index (χ0) is 12.8. The summed E-state index contributed by atoms with van der Waals surface area (Å²) in [5.74, 6) is -0.142. The van der Waals surface area contributed by atoms with Gasteiger partial charge in [0.2, 0.25) is 0 Å². The highest BCUT2D eigenvalue weighted by Crippen LogP contribution is 2.19. The number of phenolic OH excluding ortho intramolecular Hbond substituents is 1. The third-order valence-electron chi connectivity index (χ3n) is 2.54. The molecule has 0 fully saturated rings. The molecule has 0 spiro atoms. The van der Waals surface area contributed by atoms with E-state index in [2.05, 4.69) is 6.92 Å². The molecule has 0 heterocycles. The normalized spacial score (nSPS) is 12.1. The van der Waals surface area contributed by atoms with Crippen LogP contribution in [0.4, 0.5) is 5.69 Å². The molecular formula is C13H19NO3. The third kappa shape index (κ3) is 3.98. The number of carbonyl (C=O) groups is 1. The second kappa shape index (κ2) is 6.13. The zero-order valence-electron chi connectivity index (χ0n) is 10.3. The van der Waals surface area contributed by atoms with E-state index in [1.54, 1.807) is 0 Å². The molecule has 0 aliphatic rings. The van der Waals surface area contributed by atoms with Crippen molar-refractivity contribution in [1.82, 2.24) is 0 Å². The van der Waals surface area contributed by atoms with Gasteiger partial charge in [-0.05, 0) is 30.5 Å². The summed E-state index contributed by atoms with van der Waals surface area (Å²) in [5.41, 5.74) is 6.18. The molecule has 4 nitrogen and oxygen atoms in total. The molecule has 0 saturated carbocycles. The lowest BCUT2D eigenvalue weighted by atomic mass is 10.1. The van der Waals surface area contributed by atoms with Gasteiger partial charge in [-0.15, -0.1) is 0 Å². The van der Waals surface area contributed by atoms with Gasteiger partial charge in [-0.25, -0.2) is 4.79 Å². The minimum absolute atomic E-state index is 0.00718. The highest BCUT2D eigenvalue weighted by atomic mass is 16.5. The summed E-state index contributed by atoms with van der Waals surface area (Å²) in [6.07, 6.45) is 2.08. The molecule has 4 heteroatoms. The second-order valence-corrected chi connectivity index (χ2v) is 4.26. The van der Waals surface area contributed by atoms with Crippen LogP contribution >= 0.6 is 0 Å². The average Bonchev–Trinajstić information content (AvgIpc) is 2.29. The summed E-state index contributed by atoms with van der Waals surface area (Å²) in [4.78, 5) is 11.7. The number of hydrogen-bond donors (Lipinski definition) is 2. The van der Waals surface area contributed by atoms with Gasteiger partial charge in [0.25, 0.3) is 0 Å². The smallest absolute Gasteiger partial charge is 0.340 e. The second-order valence-electron chi connectivity index (χ2n) is 4.26. The summed E-state index contributed by atoms with van der Waals surface area (Å²) in [5, 5.41) is 9.28. The molecule has 0 bridgehead atoms. The fourth-order valence-electron chi connectivity index (χ4n) is 1.59. The fraction of sp³-hybridized carbons (Fsp3) is 0.462. The quantitative estimate of drug-likeness (QED) is 0.469. The van der Waals surface area contributed by atoms with E-state index >= 15 is 0 Å². The molecule has 1 aromatic carbocycles. The Morgan fingerprint density at radius 1 is 1.53 bits per heavy atom. The number of rotatable bonds is 5. The Hall–Kier alpha value is -1.71. The van der Waals surface area contributed by atoms with Crippen LogP contribution in [0.2, 0.25) is 0 Å². The first-order valence-electron chi connectivity index (χ1n) is 5.80. The SMILES string of the molecule is CCCC(C)COC(=O)c1cc(O)ccc1N. The first-order valence-corrected chi connectivity index (χ1v) is 5.80. The third-order valence-corrected chi connectivity index (χ3v) is 2.54. The number of nitrogens with two attached hydrogens (primary N) is 1. The average molecular weight is 237 g/mol. The van der Waals surface area contributed by atoms with E-state index < -0.39 is 5.97 Å². The summed E-state index contributed by atoms with van der Waals surface area (Å²) >= 11 is 0. The fourth-order valence-corrected chi connectivity index (χ4v) is 1.59. The predicted octanol–water partition coefficient (Wildman–Crippen LogP) is 2.57. The van der Waals surface area contributed by atoms with Crippen LogP contribution in [0.25, 0.3) is 0 Å². The Morgan fingerprint density at radius 2 is 2.24 bits per heavy atom. The number of phenols is 1. The van der Waals surface area contributed by atoms with E-state index in [4.69, 9.17) is 10.5 Å². The maximum Gasteiger partial charge on any atom is 0.340 e. The van der Waals surface area contributed by atoms with Crippen molar-refractivity contribution in [1.29, 1.82) is 0 Å². The van der Waals surface area contributed by atoms with Crippen molar-refractivity contribution in [2.75, 3.05) is 12.3 Å². The van der Waals surface area contributed by atoms with E-state index in [0.717, 1.165) is 12.8 Å². The number of benzene rings is 1. The summed E-state index contributed by atoms with van der Waals surface area (Å²) < 4.78 is 5.15. The van der Waals surface area contributed by atoms with Crippen LogP contribution in [0.3, 0.4) is 0 Å². The standard InChI is InChI=1S/C13H19NO3/c1-3-4-9(2)8-17-13(16)11-7-10(15)5-6-12(11)14/h5-7,9,15H,3-4,8,14H2,1-2H3. The summed E-state index contributed by atoms with van der Waals surface area (Å²) in [6.45, 7) is 4.50. The van der Waals surface area contributed by atoms with E-state index in [1.807, 2.05) is 6.92 Å². The molecule has 1 unspecified atom stereocenters. The first kappa shape index (κ1) is 13.4. The van der Waals surface area contributed by atoms with Gasteiger partial charge < -0.3 is 15.6 Å². The van der Waals surface area contributed by atoms with Crippen molar-refractivity contribution in [2.45, 2.75) is 26.7 Å². The Bertz CT molecular complexity index is 390. The molecule has 0 saturated heterocycles. The van der Waals surface area contributed by atoms with E-state index in [0.29, 0.717) is 18.2 Å². The number of carbonyl (C=O) groups excluding carboxylic acids is 1. The van der Waals surface area contributed by atoms with Crippen LogP contribution in [0.1, 0.15) is 37.0 Å². The Labute approximate surface area is 101 Å². The molecule has 0 aliphatic heterocycles. The van der Waals surface area contributed by atoms with Crippen LogP contribution in [0.5, 0.6) is 5.75 Å². The number of anilines is 1.